The molecular formula is C19H14ClN5O7. The fraction of sp³-hybridized carbons (Fsp3) is 0.105. The molecule has 12 nitrogen and oxygen atoms in total. The third-order valence-electron chi connectivity index (χ3n) is 4.34. The number of nitrogens with one attached hydrogen (secondary N) is 2. The van der Waals surface area contributed by atoms with E-state index in [4.69, 9.17) is 17.3 Å². The second kappa shape index (κ2) is 8.81. The molecule has 0 saturated carbocycles. The number of esters is 1. The molecule has 0 spiro atoms. The van der Waals surface area contributed by atoms with Crippen LogP contribution < -0.4 is 16.6 Å². The van der Waals surface area contributed by atoms with Crippen LogP contribution in [0.15, 0.2) is 41.2 Å². The van der Waals surface area contributed by atoms with E-state index >= 15 is 0 Å². The second-order valence-corrected chi connectivity index (χ2v) is 6.86. The molecule has 0 aliphatic carbocycles. The first-order valence-corrected chi connectivity index (χ1v) is 9.16. The number of ether oxygens (including phenoxy) is 1. The Bertz CT molecular complexity index is 1340. The van der Waals surface area contributed by atoms with Crippen LogP contribution in [0.1, 0.15) is 11.6 Å². The normalized spacial score (nSPS) is 11.6. The molecule has 1 amide bonds. The minimum Gasteiger partial charge on any atom is -0.468 e. The van der Waals surface area contributed by atoms with Gasteiger partial charge in [0.25, 0.3) is 17.2 Å². The minimum atomic E-state index is -2.02. The van der Waals surface area contributed by atoms with E-state index in [-0.39, 0.29) is 22.4 Å². The summed E-state index contributed by atoms with van der Waals surface area (Å²) in [6, 6.07) is 7.70. The van der Waals surface area contributed by atoms with E-state index in [1.54, 1.807) is 0 Å². The number of carbonyl (C=O) groups is 3. The zero-order valence-corrected chi connectivity index (χ0v) is 17.0. The van der Waals surface area contributed by atoms with Crippen molar-refractivity contribution in [3.63, 3.8) is 0 Å². The zero-order valence-electron chi connectivity index (χ0n) is 16.2. The van der Waals surface area contributed by atoms with Crippen LogP contribution >= 0.6 is 11.6 Å². The number of aromatic nitrogens is 2. The van der Waals surface area contributed by atoms with Crippen LogP contribution in [0, 0.1) is 10.1 Å². The first kappa shape index (κ1) is 22.4. The first-order valence-electron chi connectivity index (χ1n) is 8.78. The average molecular weight is 460 g/mol. The maximum atomic E-state index is 12.8. The van der Waals surface area contributed by atoms with Crippen molar-refractivity contribution < 1.29 is 24.0 Å². The number of ketones is 1. The molecular weight excluding hydrogens is 446 g/mol. The van der Waals surface area contributed by atoms with Crippen LogP contribution in [-0.4, -0.2) is 39.7 Å². The van der Waals surface area contributed by atoms with Gasteiger partial charge in [-0.1, -0.05) is 11.6 Å². The molecule has 0 saturated heterocycles. The second-order valence-electron chi connectivity index (χ2n) is 6.42. The summed E-state index contributed by atoms with van der Waals surface area (Å²) in [5.41, 5.74) is 3.59. The number of anilines is 2. The maximum Gasteiger partial charge on any atom is 0.323 e. The molecule has 2 aromatic carbocycles. The molecule has 1 aromatic heterocycles. The van der Waals surface area contributed by atoms with Gasteiger partial charge in [-0.3, -0.25) is 29.3 Å². The minimum absolute atomic E-state index is 0.0560. The number of hydrogen-bond acceptors (Lipinski definition) is 9. The van der Waals surface area contributed by atoms with Crippen molar-refractivity contribution >= 4 is 57.4 Å². The number of halogens is 1. The van der Waals surface area contributed by atoms with E-state index in [0.717, 1.165) is 19.2 Å². The van der Waals surface area contributed by atoms with E-state index < -0.39 is 45.4 Å². The first-order chi connectivity index (χ1) is 15.1. The van der Waals surface area contributed by atoms with Gasteiger partial charge < -0.3 is 20.8 Å². The van der Waals surface area contributed by atoms with E-state index in [0.29, 0.717) is 5.02 Å². The molecule has 1 heterocycles. The number of carbonyl (C=O) groups excluding carboxylic acids is 3. The van der Waals surface area contributed by atoms with E-state index in [1.165, 1.54) is 24.3 Å². The lowest BCUT2D eigenvalue weighted by molar-refractivity contribution is -0.383. The van der Waals surface area contributed by atoms with Crippen LogP contribution in [0.4, 0.5) is 17.1 Å². The smallest absolute Gasteiger partial charge is 0.323 e. The Morgan fingerprint density at radius 3 is 2.62 bits per heavy atom. The molecule has 3 rings (SSSR count). The Hall–Kier alpha value is -4.32. The lowest BCUT2D eigenvalue weighted by atomic mass is 9.99. The van der Waals surface area contributed by atoms with Crippen LogP contribution in [0.2, 0.25) is 5.02 Å². The van der Waals surface area contributed by atoms with Crippen molar-refractivity contribution in [3.05, 3.63) is 67.6 Å². The number of fused-ring (bicyclic) bond motifs is 1. The summed E-state index contributed by atoms with van der Waals surface area (Å²) in [7, 11) is 0.959. The molecule has 4 N–H and O–H groups in total. The van der Waals surface area contributed by atoms with Gasteiger partial charge in [0.05, 0.1) is 23.1 Å². The molecule has 13 heteroatoms. The third-order valence-corrected chi connectivity index (χ3v) is 4.58. The number of Topliss-reactive ketones (excluding diaryl/α,β-unsaturated/α-hetero) is 1. The highest BCUT2D eigenvalue weighted by Gasteiger charge is 2.38. The number of H-pyrrole nitrogens is 1. The Kier molecular flexibility index (Phi) is 6.16. The highest BCUT2D eigenvalue weighted by Crippen LogP contribution is 2.27. The number of aromatic amines is 1. The van der Waals surface area contributed by atoms with E-state index in [1.807, 2.05) is 0 Å². The van der Waals surface area contributed by atoms with Crippen molar-refractivity contribution in [3.8, 4) is 0 Å². The number of rotatable bonds is 6. The fourth-order valence-corrected chi connectivity index (χ4v) is 3.02. The molecule has 1 atom stereocenters. The zero-order chi connectivity index (χ0) is 23.6. The van der Waals surface area contributed by atoms with Gasteiger partial charge in [-0.05, 0) is 30.3 Å². The molecule has 0 fully saturated rings. The quantitative estimate of drug-likeness (QED) is 0.122. The molecule has 0 aliphatic heterocycles. The predicted molar refractivity (Wildman–Crippen MR) is 113 cm³/mol. The Morgan fingerprint density at radius 1 is 1.25 bits per heavy atom. The number of hydrogen-bond donors (Lipinski definition) is 3. The van der Waals surface area contributed by atoms with Crippen molar-refractivity contribution in [1.29, 1.82) is 0 Å². The lowest BCUT2D eigenvalue weighted by Crippen LogP contribution is -2.37. The number of methoxy groups -OCH3 is 1. The number of nitro benzene ring substituents is 1. The number of benzene rings is 2. The van der Waals surface area contributed by atoms with E-state index in [2.05, 4.69) is 20.0 Å². The topological polar surface area (TPSA) is 187 Å². The Morgan fingerprint density at radius 2 is 1.97 bits per heavy atom. The van der Waals surface area contributed by atoms with E-state index in [9.17, 15) is 29.3 Å². The standard InChI is InChI=1S/C19H14ClN5O7/c1-32-19(29)14(15-17(27)24-12-6-8(20)2-4-10(12)22-15)16(26)18(28)23-11-5-3-9(21)7-13(11)25(30)31/h2-7,14H,21H2,1H3,(H,23,28)(H,24,27)/t14-/m0/s1. The van der Waals surface area contributed by atoms with Crippen LogP contribution in [0.25, 0.3) is 11.0 Å². The van der Waals surface area contributed by atoms with Crippen molar-refractivity contribution in [2.75, 3.05) is 18.2 Å². The number of amides is 1. The van der Waals surface area contributed by atoms with Crippen LogP contribution in [0.5, 0.6) is 0 Å². The summed E-state index contributed by atoms with van der Waals surface area (Å²) in [5, 5.41) is 13.6. The number of nitrogen functional groups attached to an aromatic ring is 1. The van der Waals surface area contributed by atoms with Crippen molar-refractivity contribution in [2.45, 2.75) is 5.92 Å². The maximum absolute atomic E-state index is 12.8. The fourth-order valence-electron chi connectivity index (χ4n) is 2.85. The Balaban J connectivity index is 2.02. The molecule has 0 radical (unpaired) electrons. The van der Waals surface area contributed by atoms with Crippen molar-refractivity contribution in [2.24, 2.45) is 0 Å². The summed E-state index contributed by atoms with van der Waals surface area (Å²) < 4.78 is 4.57. The molecule has 0 bridgehead atoms. The molecule has 0 aliphatic rings. The molecule has 0 unspecified atom stereocenters. The number of nitro groups is 1. The van der Waals surface area contributed by atoms with Gasteiger partial charge in [0.1, 0.15) is 11.4 Å². The number of nitrogens with zero attached hydrogens (tertiary/aromatic N) is 2. The van der Waals surface area contributed by atoms with Gasteiger partial charge in [-0.2, -0.15) is 0 Å². The van der Waals surface area contributed by atoms with Gasteiger partial charge in [-0.25, -0.2) is 4.98 Å². The summed E-state index contributed by atoms with van der Waals surface area (Å²) in [6.45, 7) is 0. The van der Waals surface area contributed by atoms with Gasteiger partial charge in [0.15, 0.2) is 5.92 Å². The largest absolute Gasteiger partial charge is 0.468 e. The van der Waals surface area contributed by atoms with Crippen LogP contribution in [-0.2, 0) is 19.1 Å². The highest BCUT2D eigenvalue weighted by atomic mass is 35.5. The Labute approximate surface area is 183 Å². The molecule has 32 heavy (non-hydrogen) atoms. The molecule has 3 aromatic rings. The lowest BCUT2D eigenvalue weighted by Gasteiger charge is -2.13. The monoisotopic (exact) mass is 459 g/mol. The summed E-state index contributed by atoms with van der Waals surface area (Å²) >= 11 is 5.87. The SMILES string of the molecule is COC(=O)[C@H](C(=O)C(=O)Nc1ccc(N)cc1[N+](=O)[O-])c1nc2ccc(Cl)cc2[nH]c1=O. The summed E-state index contributed by atoms with van der Waals surface area (Å²) in [4.78, 5) is 67.0. The van der Waals surface area contributed by atoms with Gasteiger partial charge in [0.2, 0.25) is 5.78 Å². The predicted octanol–water partition coefficient (Wildman–Crippen LogP) is 1.53. The molecule has 164 valence electrons. The summed E-state index contributed by atoms with van der Waals surface area (Å²) in [5.74, 6) is -6.04. The van der Waals surface area contributed by atoms with Gasteiger partial charge in [0, 0.05) is 16.8 Å². The van der Waals surface area contributed by atoms with Gasteiger partial charge in [-0.15, -0.1) is 0 Å². The third kappa shape index (κ3) is 4.39. The van der Waals surface area contributed by atoms with Crippen LogP contribution in [0.3, 0.4) is 0 Å². The average Bonchev–Trinajstić information content (AvgIpc) is 2.75. The van der Waals surface area contributed by atoms with Crippen molar-refractivity contribution in [1.82, 2.24) is 9.97 Å². The van der Waals surface area contributed by atoms with Gasteiger partial charge >= 0.3 is 5.97 Å². The summed E-state index contributed by atoms with van der Waals surface area (Å²) in [6.07, 6.45) is 0. The number of nitrogens with two attached hydrogens (primary N) is 1. The highest BCUT2D eigenvalue weighted by molar-refractivity contribution is 6.45.